The summed E-state index contributed by atoms with van der Waals surface area (Å²) in [5, 5.41) is 2.79. The maximum Gasteiger partial charge on any atom is 0.256 e. The fourth-order valence-electron chi connectivity index (χ4n) is 3.68. The van der Waals surface area contributed by atoms with Gasteiger partial charge in [-0.05, 0) is 37.6 Å². The third-order valence-corrected chi connectivity index (χ3v) is 6.51. The number of morpholine rings is 1. The SMILES string of the molecule is CC[C@H](C(=O)Nc1ccccc1C(=O)N1CCOCC1)N(c1ccc(C)cc1)S(C)(=O)=O. The van der Waals surface area contributed by atoms with Crippen molar-refractivity contribution in [1.82, 2.24) is 4.90 Å². The minimum Gasteiger partial charge on any atom is -0.378 e. The van der Waals surface area contributed by atoms with Crippen LogP contribution in [0, 0.1) is 6.92 Å². The zero-order valence-corrected chi connectivity index (χ0v) is 19.4. The summed E-state index contributed by atoms with van der Waals surface area (Å²) in [6.45, 7) is 5.56. The molecule has 9 heteroatoms. The van der Waals surface area contributed by atoms with Crippen LogP contribution in [0.5, 0.6) is 0 Å². The fraction of sp³-hybridized carbons (Fsp3) is 0.391. The van der Waals surface area contributed by atoms with E-state index in [4.69, 9.17) is 4.74 Å². The van der Waals surface area contributed by atoms with Crippen LogP contribution >= 0.6 is 0 Å². The van der Waals surface area contributed by atoms with Crippen LogP contribution in [0.15, 0.2) is 48.5 Å². The number of nitrogens with zero attached hydrogens (tertiary/aromatic N) is 2. The van der Waals surface area contributed by atoms with Crippen LogP contribution in [0.4, 0.5) is 11.4 Å². The summed E-state index contributed by atoms with van der Waals surface area (Å²) in [6, 6.07) is 12.8. The lowest BCUT2D eigenvalue weighted by Crippen LogP contribution is -2.47. The lowest BCUT2D eigenvalue weighted by Gasteiger charge is -2.31. The van der Waals surface area contributed by atoms with Crippen LogP contribution in [0.25, 0.3) is 0 Å². The number of hydrogen-bond acceptors (Lipinski definition) is 5. The molecule has 1 fully saturated rings. The topological polar surface area (TPSA) is 96.0 Å². The minimum atomic E-state index is -3.74. The molecule has 1 N–H and O–H groups in total. The van der Waals surface area contributed by atoms with Gasteiger partial charge in [0, 0.05) is 13.1 Å². The summed E-state index contributed by atoms with van der Waals surface area (Å²) in [6.07, 6.45) is 1.34. The van der Waals surface area contributed by atoms with Crippen molar-refractivity contribution >= 4 is 33.2 Å². The maximum absolute atomic E-state index is 13.3. The van der Waals surface area contributed by atoms with Crippen molar-refractivity contribution in [2.75, 3.05) is 42.2 Å². The average Bonchev–Trinajstić information content (AvgIpc) is 2.78. The molecule has 3 rings (SSSR count). The third-order valence-electron chi connectivity index (χ3n) is 5.33. The molecule has 1 saturated heterocycles. The number of anilines is 2. The van der Waals surface area contributed by atoms with Crippen molar-refractivity contribution in [1.29, 1.82) is 0 Å². The molecule has 2 aromatic rings. The Bertz CT molecular complexity index is 1060. The molecule has 0 unspecified atom stereocenters. The Hall–Kier alpha value is -2.91. The summed E-state index contributed by atoms with van der Waals surface area (Å²) in [7, 11) is -3.74. The number of carbonyl (C=O) groups is 2. The van der Waals surface area contributed by atoms with Crippen molar-refractivity contribution in [2.24, 2.45) is 0 Å². The van der Waals surface area contributed by atoms with Crippen LogP contribution in [-0.2, 0) is 19.6 Å². The summed E-state index contributed by atoms with van der Waals surface area (Å²) >= 11 is 0. The highest BCUT2D eigenvalue weighted by Crippen LogP contribution is 2.25. The lowest BCUT2D eigenvalue weighted by atomic mass is 10.1. The summed E-state index contributed by atoms with van der Waals surface area (Å²) < 4.78 is 31.7. The molecule has 8 nitrogen and oxygen atoms in total. The molecule has 172 valence electrons. The standard InChI is InChI=1S/C23H29N3O5S/c1-4-21(26(32(3,29)30)18-11-9-17(2)10-12-18)22(27)24-20-8-6-5-7-19(20)23(28)25-13-15-31-16-14-25/h5-12,21H,4,13-16H2,1-3H3,(H,24,27)/t21-/m1/s1. The number of para-hydroxylation sites is 1. The Morgan fingerprint density at radius 3 is 2.31 bits per heavy atom. The molecule has 32 heavy (non-hydrogen) atoms. The van der Waals surface area contributed by atoms with Crippen LogP contribution in [0.2, 0.25) is 0 Å². The normalized spacial score (nSPS) is 15.2. The van der Waals surface area contributed by atoms with E-state index < -0.39 is 22.0 Å². The molecule has 2 amide bonds. The molecule has 0 aliphatic carbocycles. The van der Waals surface area contributed by atoms with Crippen molar-refractivity contribution in [3.05, 3.63) is 59.7 Å². The van der Waals surface area contributed by atoms with E-state index in [0.29, 0.717) is 43.2 Å². The second kappa shape index (κ2) is 10.1. The van der Waals surface area contributed by atoms with Gasteiger partial charge in [0.25, 0.3) is 5.91 Å². The number of nitrogens with one attached hydrogen (secondary N) is 1. The number of hydrogen-bond donors (Lipinski definition) is 1. The van der Waals surface area contributed by atoms with E-state index in [1.165, 1.54) is 0 Å². The summed E-state index contributed by atoms with van der Waals surface area (Å²) in [5.41, 5.74) is 2.11. The van der Waals surface area contributed by atoms with Crippen molar-refractivity contribution in [3.8, 4) is 0 Å². The largest absolute Gasteiger partial charge is 0.378 e. The van der Waals surface area contributed by atoms with E-state index in [0.717, 1.165) is 16.1 Å². The smallest absolute Gasteiger partial charge is 0.256 e. The van der Waals surface area contributed by atoms with Crippen LogP contribution in [0.1, 0.15) is 29.3 Å². The monoisotopic (exact) mass is 459 g/mol. The maximum atomic E-state index is 13.3. The van der Waals surface area contributed by atoms with Gasteiger partial charge in [-0.1, -0.05) is 36.8 Å². The molecule has 0 bridgehead atoms. The Morgan fingerprint density at radius 1 is 1.09 bits per heavy atom. The van der Waals surface area contributed by atoms with Gasteiger partial charge >= 0.3 is 0 Å². The second-order valence-corrected chi connectivity index (χ2v) is 9.62. The van der Waals surface area contributed by atoms with Crippen LogP contribution in [-0.4, -0.2) is 63.7 Å². The molecule has 2 aromatic carbocycles. The lowest BCUT2D eigenvalue weighted by molar-refractivity contribution is -0.117. The Morgan fingerprint density at radius 2 is 1.72 bits per heavy atom. The average molecular weight is 460 g/mol. The first-order chi connectivity index (χ1) is 15.2. The van der Waals surface area contributed by atoms with E-state index in [1.54, 1.807) is 60.4 Å². The number of rotatable bonds is 7. The number of sulfonamides is 1. The first-order valence-corrected chi connectivity index (χ1v) is 12.4. The molecular formula is C23H29N3O5S. The molecule has 0 spiro atoms. The highest BCUT2D eigenvalue weighted by Gasteiger charge is 2.32. The number of amides is 2. The zero-order chi connectivity index (χ0) is 23.3. The van der Waals surface area contributed by atoms with E-state index in [-0.39, 0.29) is 12.3 Å². The number of ether oxygens (including phenoxy) is 1. The predicted molar refractivity (Wildman–Crippen MR) is 124 cm³/mol. The minimum absolute atomic E-state index is 0.198. The molecule has 1 atom stereocenters. The van der Waals surface area contributed by atoms with E-state index in [1.807, 2.05) is 6.92 Å². The summed E-state index contributed by atoms with van der Waals surface area (Å²) in [5.74, 6) is -0.698. The molecule has 0 aromatic heterocycles. The quantitative estimate of drug-likeness (QED) is 0.687. The van der Waals surface area contributed by atoms with Crippen LogP contribution < -0.4 is 9.62 Å². The number of aryl methyl sites for hydroxylation is 1. The molecule has 1 aliphatic heterocycles. The van der Waals surface area contributed by atoms with Crippen molar-refractivity contribution < 1.29 is 22.7 Å². The Balaban J connectivity index is 1.89. The van der Waals surface area contributed by atoms with Crippen LogP contribution in [0.3, 0.4) is 0 Å². The highest BCUT2D eigenvalue weighted by molar-refractivity contribution is 7.92. The van der Waals surface area contributed by atoms with Crippen molar-refractivity contribution in [3.63, 3.8) is 0 Å². The first-order valence-electron chi connectivity index (χ1n) is 10.6. The molecule has 0 radical (unpaired) electrons. The molecular weight excluding hydrogens is 430 g/mol. The summed E-state index contributed by atoms with van der Waals surface area (Å²) in [4.78, 5) is 27.9. The Kier molecular flexibility index (Phi) is 7.52. The molecule has 0 saturated carbocycles. The third kappa shape index (κ3) is 5.46. The van der Waals surface area contributed by atoms with Gasteiger partial charge in [0.05, 0.1) is 36.4 Å². The van der Waals surface area contributed by atoms with Gasteiger partial charge in [-0.15, -0.1) is 0 Å². The van der Waals surface area contributed by atoms with Gasteiger partial charge < -0.3 is 15.0 Å². The van der Waals surface area contributed by atoms with Gasteiger partial charge in [-0.3, -0.25) is 13.9 Å². The van der Waals surface area contributed by atoms with Gasteiger partial charge in [0.15, 0.2) is 0 Å². The number of benzene rings is 2. The van der Waals surface area contributed by atoms with Gasteiger partial charge in [-0.25, -0.2) is 8.42 Å². The highest BCUT2D eigenvalue weighted by atomic mass is 32.2. The van der Waals surface area contributed by atoms with Crippen molar-refractivity contribution in [2.45, 2.75) is 26.3 Å². The van der Waals surface area contributed by atoms with E-state index >= 15 is 0 Å². The first kappa shape index (κ1) is 23.7. The van der Waals surface area contributed by atoms with Gasteiger partial charge in [0.1, 0.15) is 6.04 Å². The predicted octanol–water partition coefficient (Wildman–Crippen LogP) is 2.65. The van der Waals surface area contributed by atoms with E-state index in [2.05, 4.69) is 5.32 Å². The fourth-order valence-corrected chi connectivity index (χ4v) is 4.90. The molecule has 1 heterocycles. The van der Waals surface area contributed by atoms with Gasteiger partial charge in [0.2, 0.25) is 15.9 Å². The zero-order valence-electron chi connectivity index (χ0n) is 18.6. The number of carbonyl (C=O) groups excluding carboxylic acids is 2. The Labute approximate surface area is 189 Å². The second-order valence-electron chi connectivity index (χ2n) is 7.76. The van der Waals surface area contributed by atoms with Gasteiger partial charge in [-0.2, -0.15) is 0 Å². The van der Waals surface area contributed by atoms with E-state index in [9.17, 15) is 18.0 Å². The molecule has 1 aliphatic rings.